The molecule has 0 saturated heterocycles. The van der Waals surface area contributed by atoms with Crippen molar-refractivity contribution in [2.24, 2.45) is 0 Å². The Labute approximate surface area is 114 Å². The third kappa shape index (κ3) is 3.06. The van der Waals surface area contributed by atoms with Crippen molar-refractivity contribution >= 4 is 17.6 Å². The van der Waals surface area contributed by atoms with Gasteiger partial charge in [-0.25, -0.2) is 19.2 Å². The van der Waals surface area contributed by atoms with Crippen molar-refractivity contribution in [3.05, 3.63) is 47.1 Å². The van der Waals surface area contributed by atoms with Crippen LogP contribution in [0.2, 0.25) is 5.28 Å². The molecule has 2 aromatic rings. The zero-order chi connectivity index (χ0) is 13.8. The molecule has 0 N–H and O–H groups in total. The molecule has 4 nitrogen and oxygen atoms in total. The maximum atomic E-state index is 13.6. The maximum Gasteiger partial charge on any atom is 0.341 e. The van der Waals surface area contributed by atoms with Crippen molar-refractivity contribution in [3.8, 4) is 11.3 Å². The summed E-state index contributed by atoms with van der Waals surface area (Å²) in [7, 11) is 0. The van der Waals surface area contributed by atoms with Gasteiger partial charge in [0, 0.05) is 11.8 Å². The summed E-state index contributed by atoms with van der Waals surface area (Å²) in [4.78, 5) is 19.4. The highest BCUT2D eigenvalue weighted by Gasteiger charge is 2.14. The molecule has 19 heavy (non-hydrogen) atoms. The second-order valence-electron chi connectivity index (χ2n) is 3.63. The molecule has 98 valence electrons. The summed E-state index contributed by atoms with van der Waals surface area (Å²) in [6, 6.07) is 5.70. The summed E-state index contributed by atoms with van der Waals surface area (Å²) in [6.45, 7) is 1.84. The van der Waals surface area contributed by atoms with Gasteiger partial charge in [0.15, 0.2) is 0 Å². The van der Waals surface area contributed by atoms with Crippen molar-refractivity contribution < 1.29 is 13.9 Å². The second-order valence-corrected chi connectivity index (χ2v) is 3.96. The number of hydrogen-bond donors (Lipinski definition) is 0. The third-order valence-electron chi connectivity index (χ3n) is 2.38. The number of ether oxygens (including phenoxy) is 1. The first-order valence-corrected chi connectivity index (χ1v) is 5.95. The van der Waals surface area contributed by atoms with Gasteiger partial charge in [0.1, 0.15) is 5.82 Å². The third-order valence-corrected chi connectivity index (χ3v) is 2.57. The zero-order valence-corrected chi connectivity index (χ0v) is 10.8. The fourth-order valence-electron chi connectivity index (χ4n) is 1.55. The molecule has 2 rings (SSSR count). The van der Waals surface area contributed by atoms with E-state index in [0.29, 0.717) is 11.3 Å². The average Bonchev–Trinajstić information content (AvgIpc) is 2.39. The van der Waals surface area contributed by atoms with Crippen LogP contribution in [0.25, 0.3) is 11.3 Å². The number of aromatic nitrogens is 2. The summed E-state index contributed by atoms with van der Waals surface area (Å²) in [5.41, 5.74) is 0.938. The molecule has 1 aromatic carbocycles. The van der Waals surface area contributed by atoms with Gasteiger partial charge in [-0.05, 0) is 42.8 Å². The lowest BCUT2D eigenvalue weighted by molar-refractivity contribution is 0.0521. The van der Waals surface area contributed by atoms with Crippen LogP contribution in [0.3, 0.4) is 0 Å². The van der Waals surface area contributed by atoms with Gasteiger partial charge in [-0.2, -0.15) is 0 Å². The van der Waals surface area contributed by atoms with Gasteiger partial charge in [0.05, 0.1) is 17.9 Å². The molecule has 0 aliphatic heterocycles. The zero-order valence-electron chi connectivity index (χ0n) is 10.1. The van der Waals surface area contributed by atoms with E-state index in [1.54, 1.807) is 13.0 Å². The number of carbonyl (C=O) groups is 1. The maximum absolute atomic E-state index is 13.6. The molecule has 0 fully saturated rings. The Kier molecular flexibility index (Phi) is 4.06. The van der Waals surface area contributed by atoms with Crippen molar-refractivity contribution in [1.29, 1.82) is 0 Å². The van der Waals surface area contributed by atoms with Crippen molar-refractivity contribution in [2.75, 3.05) is 6.61 Å². The summed E-state index contributed by atoms with van der Waals surface area (Å²) >= 11 is 5.69. The van der Waals surface area contributed by atoms with Gasteiger partial charge in [-0.1, -0.05) is 0 Å². The van der Waals surface area contributed by atoms with E-state index in [0.717, 1.165) is 0 Å². The Morgan fingerprint density at radius 1 is 1.42 bits per heavy atom. The first-order valence-electron chi connectivity index (χ1n) is 5.57. The van der Waals surface area contributed by atoms with Crippen LogP contribution in [0.5, 0.6) is 0 Å². The molecule has 1 heterocycles. The molecule has 0 atom stereocenters. The highest BCUT2D eigenvalue weighted by Crippen LogP contribution is 2.21. The van der Waals surface area contributed by atoms with E-state index in [4.69, 9.17) is 16.3 Å². The van der Waals surface area contributed by atoms with Crippen LogP contribution in [0.15, 0.2) is 30.5 Å². The molecule has 0 spiro atoms. The van der Waals surface area contributed by atoms with E-state index in [1.165, 1.54) is 24.4 Å². The van der Waals surface area contributed by atoms with Gasteiger partial charge in [-0.15, -0.1) is 0 Å². The van der Waals surface area contributed by atoms with Crippen LogP contribution in [-0.4, -0.2) is 22.5 Å². The number of halogens is 2. The van der Waals surface area contributed by atoms with Crippen molar-refractivity contribution in [3.63, 3.8) is 0 Å². The Morgan fingerprint density at radius 2 is 2.21 bits per heavy atom. The topological polar surface area (TPSA) is 52.1 Å². The molecular formula is C13H10ClFN2O2. The van der Waals surface area contributed by atoms with Crippen LogP contribution in [0.1, 0.15) is 17.3 Å². The highest BCUT2D eigenvalue weighted by atomic mass is 35.5. The molecule has 1 aromatic heterocycles. The monoisotopic (exact) mass is 280 g/mol. The van der Waals surface area contributed by atoms with E-state index >= 15 is 0 Å². The molecule has 0 amide bonds. The van der Waals surface area contributed by atoms with Gasteiger partial charge >= 0.3 is 5.97 Å². The first-order chi connectivity index (χ1) is 9.11. The molecular weight excluding hydrogens is 271 g/mol. The Hall–Kier alpha value is -2.01. The quantitative estimate of drug-likeness (QED) is 0.640. The van der Waals surface area contributed by atoms with Gasteiger partial charge < -0.3 is 4.74 Å². The summed E-state index contributed by atoms with van der Waals surface area (Å²) < 4.78 is 18.4. The minimum absolute atomic E-state index is 0.0829. The number of carbonyl (C=O) groups excluding carboxylic acids is 1. The second kappa shape index (κ2) is 5.75. The molecule has 0 aliphatic carbocycles. The Morgan fingerprint density at radius 3 is 2.89 bits per heavy atom. The van der Waals surface area contributed by atoms with Gasteiger partial charge in [-0.3, -0.25) is 0 Å². The summed E-state index contributed by atoms with van der Waals surface area (Å²) in [5, 5.41) is 0.0829. The molecule has 0 aliphatic rings. The molecule has 0 radical (unpaired) electrons. The first kappa shape index (κ1) is 13.4. The minimum Gasteiger partial charge on any atom is -0.462 e. The van der Waals surface area contributed by atoms with Crippen LogP contribution in [-0.2, 0) is 4.74 Å². The summed E-state index contributed by atoms with van der Waals surface area (Å²) in [5.74, 6) is -1.34. The standard InChI is InChI=1S/C13H10ClFN2O2/c1-2-19-12(18)9-7-8(3-4-10(9)15)11-5-6-16-13(14)17-11/h3-7H,2H2,1H3. The number of esters is 1. The largest absolute Gasteiger partial charge is 0.462 e. The lowest BCUT2D eigenvalue weighted by Gasteiger charge is -2.06. The van der Waals surface area contributed by atoms with E-state index in [-0.39, 0.29) is 17.5 Å². The molecule has 0 unspecified atom stereocenters. The lowest BCUT2D eigenvalue weighted by atomic mass is 10.1. The fraction of sp³-hybridized carbons (Fsp3) is 0.154. The van der Waals surface area contributed by atoms with E-state index in [2.05, 4.69) is 9.97 Å². The average molecular weight is 281 g/mol. The smallest absolute Gasteiger partial charge is 0.341 e. The number of nitrogens with zero attached hydrogens (tertiary/aromatic N) is 2. The van der Waals surface area contributed by atoms with E-state index < -0.39 is 11.8 Å². The van der Waals surface area contributed by atoms with Crippen molar-refractivity contribution in [1.82, 2.24) is 9.97 Å². The predicted molar refractivity (Wildman–Crippen MR) is 68.4 cm³/mol. The van der Waals surface area contributed by atoms with Crippen molar-refractivity contribution in [2.45, 2.75) is 6.92 Å². The number of rotatable bonds is 3. The van der Waals surface area contributed by atoms with Gasteiger partial charge in [0.2, 0.25) is 5.28 Å². The van der Waals surface area contributed by atoms with Gasteiger partial charge in [0.25, 0.3) is 0 Å². The van der Waals surface area contributed by atoms with Crippen LogP contribution < -0.4 is 0 Å². The van der Waals surface area contributed by atoms with Crippen LogP contribution >= 0.6 is 11.6 Å². The molecule has 6 heteroatoms. The minimum atomic E-state index is -0.706. The lowest BCUT2D eigenvalue weighted by Crippen LogP contribution is -2.07. The van der Waals surface area contributed by atoms with E-state index in [9.17, 15) is 9.18 Å². The fourth-order valence-corrected chi connectivity index (χ4v) is 1.69. The Balaban J connectivity index is 2.44. The normalized spacial score (nSPS) is 10.3. The predicted octanol–water partition coefficient (Wildman–Crippen LogP) is 3.11. The van der Waals surface area contributed by atoms with Crippen LogP contribution in [0.4, 0.5) is 4.39 Å². The SMILES string of the molecule is CCOC(=O)c1cc(-c2ccnc(Cl)n2)ccc1F. The Bertz CT molecular complexity index is 619. The number of hydrogen-bond acceptors (Lipinski definition) is 4. The number of benzene rings is 1. The van der Waals surface area contributed by atoms with E-state index in [1.807, 2.05) is 0 Å². The molecule has 0 bridgehead atoms. The summed E-state index contributed by atoms with van der Waals surface area (Å²) in [6.07, 6.45) is 1.48. The molecule has 0 saturated carbocycles. The van der Waals surface area contributed by atoms with Crippen LogP contribution in [0, 0.1) is 5.82 Å². The highest BCUT2D eigenvalue weighted by molar-refractivity contribution is 6.28.